The Kier molecular flexibility index (Phi) is 5.26. The monoisotopic (exact) mass is 226 g/mol. The van der Waals surface area contributed by atoms with Crippen molar-refractivity contribution in [1.29, 1.82) is 0 Å². The SMILES string of the molecule is CCC[C@H](N)C(=O)N(CCC(C)C)C1CC1. The molecule has 0 unspecified atom stereocenters. The highest BCUT2D eigenvalue weighted by Crippen LogP contribution is 2.28. The van der Waals surface area contributed by atoms with Crippen LogP contribution in [0.2, 0.25) is 0 Å². The Hall–Kier alpha value is -0.570. The number of rotatable bonds is 7. The van der Waals surface area contributed by atoms with Gasteiger partial charge in [0.05, 0.1) is 6.04 Å². The maximum absolute atomic E-state index is 12.1. The number of nitrogens with two attached hydrogens (primary N) is 1. The average molecular weight is 226 g/mol. The molecule has 0 aliphatic heterocycles. The van der Waals surface area contributed by atoms with Crippen molar-refractivity contribution in [3.63, 3.8) is 0 Å². The predicted molar refractivity (Wildman–Crippen MR) is 67.1 cm³/mol. The van der Waals surface area contributed by atoms with Crippen molar-refractivity contribution < 1.29 is 4.79 Å². The molecule has 0 aromatic heterocycles. The summed E-state index contributed by atoms with van der Waals surface area (Å²) in [6, 6.07) is 0.215. The third-order valence-corrected chi connectivity index (χ3v) is 3.13. The second-order valence-electron chi connectivity index (χ2n) is 5.34. The molecule has 1 saturated carbocycles. The van der Waals surface area contributed by atoms with E-state index in [4.69, 9.17) is 5.73 Å². The first-order valence-electron chi connectivity index (χ1n) is 6.62. The second kappa shape index (κ2) is 6.24. The normalized spacial score (nSPS) is 17.6. The molecule has 0 saturated heterocycles. The summed E-state index contributed by atoms with van der Waals surface area (Å²) in [5.74, 6) is 0.821. The van der Waals surface area contributed by atoms with Crippen LogP contribution in [0.1, 0.15) is 52.9 Å². The van der Waals surface area contributed by atoms with Crippen LogP contribution in [-0.2, 0) is 4.79 Å². The number of nitrogens with zero attached hydrogens (tertiary/aromatic N) is 1. The van der Waals surface area contributed by atoms with Crippen LogP contribution in [-0.4, -0.2) is 29.4 Å². The molecule has 3 nitrogen and oxygen atoms in total. The molecule has 2 N–H and O–H groups in total. The van der Waals surface area contributed by atoms with Crippen LogP contribution in [0.3, 0.4) is 0 Å². The summed E-state index contributed by atoms with van der Waals surface area (Å²) in [5.41, 5.74) is 5.91. The Morgan fingerprint density at radius 1 is 1.38 bits per heavy atom. The van der Waals surface area contributed by atoms with Crippen molar-refractivity contribution in [1.82, 2.24) is 4.90 Å². The van der Waals surface area contributed by atoms with Crippen LogP contribution in [0, 0.1) is 5.92 Å². The minimum absolute atomic E-state index is 0.171. The van der Waals surface area contributed by atoms with E-state index in [-0.39, 0.29) is 11.9 Å². The summed E-state index contributed by atoms with van der Waals surface area (Å²) < 4.78 is 0. The van der Waals surface area contributed by atoms with Gasteiger partial charge in [-0.2, -0.15) is 0 Å². The van der Waals surface area contributed by atoms with Crippen LogP contribution in [0.15, 0.2) is 0 Å². The van der Waals surface area contributed by atoms with Gasteiger partial charge in [-0.1, -0.05) is 27.2 Å². The Morgan fingerprint density at radius 3 is 2.44 bits per heavy atom. The van der Waals surface area contributed by atoms with Crippen molar-refractivity contribution in [3.8, 4) is 0 Å². The molecular formula is C13H26N2O. The summed E-state index contributed by atoms with van der Waals surface area (Å²) in [6.07, 6.45) is 5.21. The largest absolute Gasteiger partial charge is 0.338 e. The Bertz CT molecular complexity index is 224. The maximum Gasteiger partial charge on any atom is 0.239 e. The number of amides is 1. The van der Waals surface area contributed by atoms with E-state index in [0.29, 0.717) is 12.0 Å². The zero-order chi connectivity index (χ0) is 12.1. The Labute approximate surface area is 99.4 Å². The predicted octanol–water partition coefficient (Wildman–Crippen LogP) is 2.15. The van der Waals surface area contributed by atoms with Crippen molar-refractivity contribution >= 4 is 5.91 Å². The smallest absolute Gasteiger partial charge is 0.239 e. The molecule has 1 atom stereocenters. The number of carbonyl (C=O) groups is 1. The zero-order valence-electron chi connectivity index (χ0n) is 10.9. The molecule has 0 spiro atoms. The molecule has 16 heavy (non-hydrogen) atoms. The van der Waals surface area contributed by atoms with E-state index in [2.05, 4.69) is 20.8 Å². The zero-order valence-corrected chi connectivity index (χ0v) is 10.9. The van der Waals surface area contributed by atoms with Gasteiger partial charge in [-0.25, -0.2) is 0 Å². The molecular weight excluding hydrogens is 200 g/mol. The first-order chi connectivity index (χ1) is 7.56. The lowest BCUT2D eigenvalue weighted by Crippen LogP contribution is -2.45. The van der Waals surface area contributed by atoms with Gasteiger partial charge in [0, 0.05) is 12.6 Å². The highest BCUT2D eigenvalue weighted by atomic mass is 16.2. The number of hydrogen-bond donors (Lipinski definition) is 1. The average Bonchev–Trinajstić information content (AvgIpc) is 3.01. The van der Waals surface area contributed by atoms with E-state index in [0.717, 1.165) is 25.8 Å². The van der Waals surface area contributed by atoms with Crippen LogP contribution in [0.4, 0.5) is 0 Å². The van der Waals surface area contributed by atoms with Crippen LogP contribution in [0.5, 0.6) is 0 Å². The molecule has 1 aliphatic carbocycles. The minimum Gasteiger partial charge on any atom is -0.338 e. The van der Waals surface area contributed by atoms with Gasteiger partial charge < -0.3 is 10.6 Å². The Balaban J connectivity index is 2.45. The van der Waals surface area contributed by atoms with Crippen LogP contribution >= 0.6 is 0 Å². The molecule has 1 aliphatic rings. The van der Waals surface area contributed by atoms with E-state index in [1.54, 1.807) is 0 Å². The summed E-state index contributed by atoms with van der Waals surface area (Å²) in [7, 11) is 0. The van der Waals surface area contributed by atoms with Gasteiger partial charge >= 0.3 is 0 Å². The second-order valence-corrected chi connectivity index (χ2v) is 5.34. The number of hydrogen-bond acceptors (Lipinski definition) is 2. The summed E-state index contributed by atoms with van der Waals surface area (Å²) in [4.78, 5) is 14.2. The highest BCUT2D eigenvalue weighted by Gasteiger charge is 2.34. The van der Waals surface area contributed by atoms with Crippen molar-refractivity contribution in [2.75, 3.05) is 6.54 Å². The third kappa shape index (κ3) is 4.12. The molecule has 1 amide bonds. The fourth-order valence-electron chi connectivity index (χ4n) is 1.90. The van der Waals surface area contributed by atoms with E-state index < -0.39 is 0 Å². The van der Waals surface area contributed by atoms with Gasteiger partial charge in [-0.3, -0.25) is 4.79 Å². The van der Waals surface area contributed by atoms with Gasteiger partial charge in [-0.15, -0.1) is 0 Å². The fraction of sp³-hybridized carbons (Fsp3) is 0.923. The third-order valence-electron chi connectivity index (χ3n) is 3.13. The first kappa shape index (κ1) is 13.5. The Morgan fingerprint density at radius 2 is 2.00 bits per heavy atom. The highest BCUT2D eigenvalue weighted by molar-refractivity contribution is 5.82. The van der Waals surface area contributed by atoms with Crippen molar-refractivity contribution in [2.24, 2.45) is 11.7 Å². The lowest BCUT2D eigenvalue weighted by atomic mass is 10.1. The van der Waals surface area contributed by atoms with Crippen molar-refractivity contribution in [2.45, 2.75) is 65.0 Å². The molecule has 0 aromatic rings. The molecule has 1 rings (SSSR count). The van der Waals surface area contributed by atoms with Crippen molar-refractivity contribution in [3.05, 3.63) is 0 Å². The van der Waals surface area contributed by atoms with Gasteiger partial charge in [0.15, 0.2) is 0 Å². The summed E-state index contributed by atoms with van der Waals surface area (Å²) in [6.45, 7) is 7.35. The topological polar surface area (TPSA) is 46.3 Å². The van der Waals surface area contributed by atoms with Gasteiger partial charge in [-0.05, 0) is 31.6 Å². The summed E-state index contributed by atoms with van der Waals surface area (Å²) >= 11 is 0. The molecule has 3 heteroatoms. The van der Waals surface area contributed by atoms with Crippen LogP contribution in [0.25, 0.3) is 0 Å². The minimum atomic E-state index is -0.280. The quantitative estimate of drug-likeness (QED) is 0.723. The molecule has 94 valence electrons. The van der Waals surface area contributed by atoms with E-state index in [1.165, 1.54) is 12.8 Å². The molecule has 1 fully saturated rings. The molecule has 0 heterocycles. The number of carbonyl (C=O) groups excluding carboxylic acids is 1. The van der Waals surface area contributed by atoms with E-state index in [1.807, 2.05) is 4.90 Å². The van der Waals surface area contributed by atoms with E-state index >= 15 is 0 Å². The molecule has 0 radical (unpaired) electrons. The lowest BCUT2D eigenvalue weighted by molar-refractivity contribution is -0.133. The first-order valence-corrected chi connectivity index (χ1v) is 6.62. The van der Waals surface area contributed by atoms with Gasteiger partial charge in [0.25, 0.3) is 0 Å². The molecule has 0 bridgehead atoms. The van der Waals surface area contributed by atoms with Gasteiger partial charge in [0.1, 0.15) is 0 Å². The molecule has 0 aromatic carbocycles. The maximum atomic E-state index is 12.1. The summed E-state index contributed by atoms with van der Waals surface area (Å²) in [5, 5.41) is 0. The lowest BCUT2D eigenvalue weighted by Gasteiger charge is -2.26. The van der Waals surface area contributed by atoms with E-state index in [9.17, 15) is 4.79 Å². The van der Waals surface area contributed by atoms with Gasteiger partial charge in [0.2, 0.25) is 5.91 Å². The standard InChI is InChI=1S/C13H26N2O/c1-4-5-12(14)13(16)15(11-6-7-11)9-8-10(2)3/h10-12H,4-9,14H2,1-3H3/t12-/m0/s1. The fourth-order valence-corrected chi connectivity index (χ4v) is 1.90. The van der Waals surface area contributed by atoms with Crippen LogP contribution < -0.4 is 5.73 Å².